The zero-order valence-corrected chi connectivity index (χ0v) is 13.9. The van der Waals surface area contributed by atoms with Gasteiger partial charge in [0.1, 0.15) is 0 Å². The molecule has 0 aliphatic carbocycles. The van der Waals surface area contributed by atoms with Crippen LogP contribution in [0.2, 0.25) is 0 Å². The minimum Gasteiger partial charge on any atom is -0.396 e. The van der Waals surface area contributed by atoms with E-state index < -0.39 is 67.6 Å². The van der Waals surface area contributed by atoms with Gasteiger partial charge in [0.05, 0.1) is 0 Å². The van der Waals surface area contributed by atoms with Crippen LogP contribution in [0.4, 0.5) is 65.9 Å². The van der Waals surface area contributed by atoms with E-state index in [0.29, 0.717) is 0 Å². The van der Waals surface area contributed by atoms with Crippen LogP contribution >= 0.6 is 0 Å². The van der Waals surface area contributed by atoms with Crippen molar-refractivity contribution >= 4 is 0 Å². The molecule has 0 atom stereocenters. The third kappa shape index (κ3) is 4.50. The summed E-state index contributed by atoms with van der Waals surface area (Å²) in [7, 11) is 0. The highest BCUT2D eigenvalue weighted by molar-refractivity contribution is 5.12. The first-order valence-corrected chi connectivity index (χ1v) is 7.50. The van der Waals surface area contributed by atoms with Crippen LogP contribution in [-0.2, 0) is 0 Å². The molecule has 0 aromatic heterocycles. The molecule has 0 saturated carbocycles. The lowest BCUT2D eigenvalue weighted by molar-refractivity contribution is -0.452. The highest BCUT2D eigenvalue weighted by Crippen LogP contribution is 2.62. The molecule has 0 radical (unpaired) electrons. The van der Waals surface area contributed by atoms with Crippen molar-refractivity contribution in [2.45, 2.75) is 73.8 Å². The molecule has 1 N–H and O–H groups in total. The summed E-state index contributed by atoms with van der Waals surface area (Å²) in [6.07, 6.45) is -11.6. The Morgan fingerprint density at radius 2 is 0.759 bits per heavy atom. The molecule has 0 unspecified atom stereocenters. The maximum absolute atomic E-state index is 13.4. The second-order valence-corrected chi connectivity index (χ2v) is 5.96. The molecule has 16 heteroatoms. The van der Waals surface area contributed by atoms with Crippen LogP contribution in [0, 0.1) is 0 Å². The number of hydrogen-bond donors (Lipinski definition) is 1. The van der Waals surface area contributed by atoms with Crippen molar-refractivity contribution in [1.29, 1.82) is 0 Å². The van der Waals surface area contributed by atoms with Crippen LogP contribution in [-0.4, -0.2) is 53.4 Å². The van der Waals surface area contributed by atoms with Gasteiger partial charge in [-0.05, 0) is 12.8 Å². The molecule has 0 aromatic rings. The summed E-state index contributed by atoms with van der Waals surface area (Å²) in [5.74, 6) is -46.0. The van der Waals surface area contributed by atoms with E-state index in [1.54, 1.807) is 0 Å². The summed E-state index contributed by atoms with van der Waals surface area (Å²) in [6, 6.07) is 0. The molecule has 0 aliphatic rings. The number of halogens is 15. The van der Waals surface area contributed by atoms with E-state index in [-0.39, 0.29) is 12.8 Å². The van der Waals surface area contributed by atoms with E-state index in [1.807, 2.05) is 0 Å². The summed E-state index contributed by atoms with van der Waals surface area (Å²) < 4.78 is 193. The first kappa shape index (κ1) is 27.9. The number of aliphatic hydroxyl groups is 1. The third-order valence-corrected chi connectivity index (χ3v) is 3.79. The van der Waals surface area contributed by atoms with Crippen molar-refractivity contribution in [3.63, 3.8) is 0 Å². The molecule has 0 aliphatic heterocycles. The molecule has 29 heavy (non-hydrogen) atoms. The smallest absolute Gasteiger partial charge is 0.396 e. The fraction of sp³-hybridized carbons (Fsp3) is 1.00. The Hall–Kier alpha value is -1.09. The Labute approximate surface area is 152 Å². The van der Waals surface area contributed by atoms with E-state index >= 15 is 0 Å². The maximum atomic E-state index is 13.4. The normalized spacial score (nSPS) is 15.7. The Morgan fingerprint density at radius 1 is 0.414 bits per heavy atom. The van der Waals surface area contributed by atoms with Crippen molar-refractivity contribution < 1.29 is 71.0 Å². The van der Waals surface area contributed by atoms with Gasteiger partial charge in [0.2, 0.25) is 0 Å². The molecule has 0 saturated heterocycles. The highest BCUT2D eigenvalue weighted by Gasteiger charge is 2.93. The molecule has 0 spiro atoms. The first-order chi connectivity index (χ1) is 12.6. The van der Waals surface area contributed by atoms with E-state index in [0.717, 1.165) is 0 Å². The van der Waals surface area contributed by atoms with Gasteiger partial charge >= 0.3 is 41.7 Å². The summed E-state index contributed by atoms with van der Waals surface area (Å²) in [4.78, 5) is 0. The first-order valence-electron chi connectivity index (χ1n) is 7.50. The van der Waals surface area contributed by atoms with Crippen LogP contribution in [0.15, 0.2) is 0 Å². The summed E-state index contributed by atoms with van der Waals surface area (Å²) in [5, 5.41) is 8.39. The van der Waals surface area contributed by atoms with Crippen LogP contribution in [0.25, 0.3) is 0 Å². The lowest BCUT2D eigenvalue weighted by Gasteiger charge is -2.41. The van der Waals surface area contributed by atoms with Crippen molar-refractivity contribution in [2.75, 3.05) is 6.61 Å². The predicted molar refractivity (Wildman–Crippen MR) is 65.9 cm³/mol. The largest absolute Gasteiger partial charge is 0.460 e. The minimum atomic E-state index is -8.23. The molecule has 0 fully saturated rings. The van der Waals surface area contributed by atoms with Crippen LogP contribution in [0.1, 0.15) is 32.1 Å². The van der Waals surface area contributed by atoms with Crippen molar-refractivity contribution in [3.05, 3.63) is 0 Å². The fourth-order valence-electron chi connectivity index (χ4n) is 1.97. The molecule has 0 bridgehead atoms. The summed E-state index contributed by atoms with van der Waals surface area (Å²) in [6.45, 7) is -0.473. The lowest BCUT2D eigenvalue weighted by atomic mass is 9.89. The zero-order chi connectivity index (χ0) is 23.7. The molecular weight excluding hydrogens is 457 g/mol. The van der Waals surface area contributed by atoms with Crippen LogP contribution < -0.4 is 0 Å². The number of unbranched alkanes of at least 4 members (excludes halogenated alkanes) is 3. The predicted octanol–water partition coefficient (Wildman–Crippen LogP) is 6.30. The minimum absolute atomic E-state index is 0.0467. The van der Waals surface area contributed by atoms with E-state index in [2.05, 4.69) is 0 Å². The molecule has 1 nitrogen and oxygen atoms in total. The topological polar surface area (TPSA) is 20.2 Å². The van der Waals surface area contributed by atoms with Gasteiger partial charge in [0, 0.05) is 13.0 Å². The van der Waals surface area contributed by atoms with Gasteiger partial charge in [0.15, 0.2) is 0 Å². The molecule has 176 valence electrons. The number of hydrogen-bond acceptors (Lipinski definition) is 1. The van der Waals surface area contributed by atoms with Crippen molar-refractivity contribution in [2.24, 2.45) is 0 Å². The van der Waals surface area contributed by atoms with Crippen molar-refractivity contribution in [3.8, 4) is 0 Å². The molecule has 0 rings (SSSR count). The standard InChI is InChI=1S/C13H13F15O/c14-7(15,5-3-1-2-4-6-29)8(16,17)9(18,19)10(20,21)11(22,23)12(24,25)13(26,27)28/h29H,1-6H2. The number of aliphatic hydroxyl groups excluding tert-OH is 1. The Bertz CT molecular complexity index is 537. The SMILES string of the molecule is OCCCCCCC(F)(F)C(F)(F)C(F)(F)C(F)(F)C(F)(F)C(F)(F)C(F)(F)F. The van der Waals surface area contributed by atoms with Crippen LogP contribution in [0.3, 0.4) is 0 Å². The molecule has 0 amide bonds. The summed E-state index contributed by atoms with van der Waals surface area (Å²) in [5.41, 5.74) is 0. The van der Waals surface area contributed by atoms with Gasteiger partial charge in [-0.25, -0.2) is 0 Å². The monoisotopic (exact) mass is 470 g/mol. The zero-order valence-electron chi connectivity index (χ0n) is 13.9. The Morgan fingerprint density at radius 3 is 1.14 bits per heavy atom. The van der Waals surface area contributed by atoms with Crippen LogP contribution in [0.5, 0.6) is 0 Å². The second kappa shape index (κ2) is 8.21. The number of rotatable bonds is 11. The second-order valence-electron chi connectivity index (χ2n) is 5.96. The third-order valence-electron chi connectivity index (χ3n) is 3.79. The molecule has 0 heterocycles. The van der Waals surface area contributed by atoms with E-state index in [9.17, 15) is 65.9 Å². The molecule has 0 aromatic carbocycles. The highest BCUT2D eigenvalue weighted by atomic mass is 19.4. The fourth-order valence-corrected chi connectivity index (χ4v) is 1.97. The molecular formula is C13H13F15O. The van der Waals surface area contributed by atoms with Gasteiger partial charge in [-0.2, -0.15) is 65.9 Å². The van der Waals surface area contributed by atoms with E-state index in [1.165, 1.54) is 0 Å². The van der Waals surface area contributed by atoms with Gasteiger partial charge < -0.3 is 5.11 Å². The van der Waals surface area contributed by atoms with Gasteiger partial charge in [-0.1, -0.05) is 12.8 Å². The van der Waals surface area contributed by atoms with Gasteiger partial charge in [0.25, 0.3) is 0 Å². The average Bonchev–Trinajstić information content (AvgIpc) is 2.52. The van der Waals surface area contributed by atoms with Gasteiger partial charge in [-0.15, -0.1) is 0 Å². The quantitative estimate of drug-likeness (QED) is 0.278. The average molecular weight is 470 g/mol. The Balaban J connectivity index is 5.97. The maximum Gasteiger partial charge on any atom is 0.460 e. The lowest BCUT2D eigenvalue weighted by Crippen LogP contribution is -2.72. The van der Waals surface area contributed by atoms with Crippen molar-refractivity contribution in [1.82, 2.24) is 0 Å². The summed E-state index contributed by atoms with van der Waals surface area (Å²) >= 11 is 0. The Kier molecular flexibility index (Phi) is 7.90. The van der Waals surface area contributed by atoms with E-state index in [4.69, 9.17) is 5.11 Å². The van der Waals surface area contributed by atoms with Gasteiger partial charge in [-0.3, -0.25) is 0 Å². The number of alkyl halides is 15.